The van der Waals surface area contributed by atoms with Crippen LogP contribution in [0, 0.1) is 0 Å². The van der Waals surface area contributed by atoms with Crippen molar-refractivity contribution in [2.24, 2.45) is 0 Å². The number of nitrogens with zero attached hydrogens (tertiary/aromatic N) is 3. The van der Waals surface area contributed by atoms with Crippen LogP contribution in [0.4, 0.5) is 0 Å². The lowest BCUT2D eigenvalue weighted by molar-refractivity contribution is 0.0729. The topological polar surface area (TPSA) is 107 Å². The number of likely N-dealkylation sites (tertiary alicyclic amines) is 1. The van der Waals surface area contributed by atoms with E-state index >= 15 is 0 Å². The minimum absolute atomic E-state index is 0.205. The Morgan fingerprint density at radius 2 is 1.75 bits per heavy atom. The van der Waals surface area contributed by atoms with Gasteiger partial charge in [0.25, 0.3) is 11.5 Å². The molecule has 4 rings (SSSR count). The molecule has 0 spiro atoms. The van der Waals surface area contributed by atoms with E-state index < -0.39 is 0 Å². The standard InChI is InChI=1S/C23H24N4O5/c1-30-18-11-15(12-19(31-2)21(18)32-3)23(29)27-10-4-5-17(27)22-25-16(13-20(28)26-22)14-6-8-24-9-7-14/h6-9,11-13,17H,4-5,10H2,1-3H3,(H,25,26,28). The number of ether oxygens (including phenoxy) is 3. The average Bonchev–Trinajstić information content (AvgIpc) is 3.32. The van der Waals surface area contributed by atoms with E-state index in [1.54, 1.807) is 41.6 Å². The summed E-state index contributed by atoms with van der Waals surface area (Å²) in [5, 5.41) is 0. The van der Waals surface area contributed by atoms with Crippen molar-refractivity contribution in [2.45, 2.75) is 18.9 Å². The Morgan fingerprint density at radius 3 is 2.38 bits per heavy atom. The maximum Gasteiger partial charge on any atom is 0.254 e. The second kappa shape index (κ2) is 9.09. The maximum absolute atomic E-state index is 13.5. The van der Waals surface area contributed by atoms with Gasteiger partial charge in [-0.2, -0.15) is 0 Å². The minimum atomic E-state index is -0.351. The number of pyridine rings is 1. The molecule has 1 atom stereocenters. The van der Waals surface area contributed by atoms with Crippen LogP contribution in [-0.4, -0.2) is 53.6 Å². The lowest BCUT2D eigenvalue weighted by Crippen LogP contribution is -2.32. The number of amides is 1. The van der Waals surface area contributed by atoms with E-state index in [2.05, 4.69) is 15.0 Å². The van der Waals surface area contributed by atoms with Crippen LogP contribution < -0.4 is 19.8 Å². The second-order valence-electron chi connectivity index (χ2n) is 7.32. The van der Waals surface area contributed by atoms with Crippen molar-refractivity contribution >= 4 is 5.91 Å². The number of methoxy groups -OCH3 is 3. The molecule has 9 nitrogen and oxygen atoms in total. The van der Waals surface area contributed by atoms with E-state index in [1.807, 2.05) is 0 Å². The molecule has 3 heterocycles. The third-order valence-electron chi connectivity index (χ3n) is 5.48. The molecular formula is C23H24N4O5. The molecule has 2 aromatic heterocycles. The van der Waals surface area contributed by atoms with Gasteiger partial charge in [-0.15, -0.1) is 0 Å². The third-order valence-corrected chi connectivity index (χ3v) is 5.48. The highest BCUT2D eigenvalue weighted by Gasteiger charge is 2.33. The Balaban J connectivity index is 1.70. The number of hydrogen-bond acceptors (Lipinski definition) is 7. The highest BCUT2D eigenvalue weighted by atomic mass is 16.5. The fraction of sp³-hybridized carbons (Fsp3) is 0.304. The van der Waals surface area contributed by atoms with Gasteiger partial charge < -0.3 is 24.1 Å². The van der Waals surface area contributed by atoms with E-state index in [1.165, 1.54) is 27.4 Å². The highest BCUT2D eigenvalue weighted by molar-refractivity contribution is 5.96. The molecule has 1 unspecified atom stereocenters. The summed E-state index contributed by atoms with van der Waals surface area (Å²) in [5.74, 6) is 1.47. The Bertz CT molecular complexity index is 1150. The lowest BCUT2D eigenvalue weighted by atomic mass is 10.1. The fourth-order valence-corrected chi connectivity index (χ4v) is 3.97. The van der Waals surface area contributed by atoms with Crippen molar-refractivity contribution in [2.75, 3.05) is 27.9 Å². The minimum Gasteiger partial charge on any atom is -0.493 e. The number of benzene rings is 1. The summed E-state index contributed by atoms with van der Waals surface area (Å²) in [5.41, 5.74) is 1.46. The van der Waals surface area contributed by atoms with Crippen molar-refractivity contribution in [1.82, 2.24) is 19.9 Å². The zero-order valence-corrected chi connectivity index (χ0v) is 18.1. The molecule has 1 aliphatic heterocycles. The van der Waals surface area contributed by atoms with Crippen molar-refractivity contribution in [3.63, 3.8) is 0 Å². The SMILES string of the molecule is COc1cc(C(=O)N2CCCC2c2nc(-c3ccncc3)cc(=O)[nH]2)cc(OC)c1OC. The molecule has 1 fully saturated rings. The van der Waals surface area contributed by atoms with E-state index in [4.69, 9.17) is 14.2 Å². The van der Waals surface area contributed by atoms with Gasteiger partial charge in [-0.25, -0.2) is 4.98 Å². The molecule has 1 aliphatic rings. The third kappa shape index (κ3) is 4.01. The molecule has 1 N–H and O–H groups in total. The number of H-pyrrole nitrogens is 1. The highest BCUT2D eigenvalue weighted by Crippen LogP contribution is 2.40. The van der Waals surface area contributed by atoms with Gasteiger partial charge in [0.05, 0.1) is 33.1 Å². The molecule has 0 bridgehead atoms. The van der Waals surface area contributed by atoms with E-state index in [0.717, 1.165) is 12.0 Å². The first-order chi connectivity index (χ1) is 15.5. The summed E-state index contributed by atoms with van der Waals surface area (Å²) in [6.45, 7) is 0.545. The first-order valence-electron chi connectivity index (χ1n) is 10.2. The van der Waals surface area contributed by atoms with E-state index in [9.17, 15) is 9.59 Å². The summed E-state index contributed by atoms with van der Waals surface area (Å²) < 4.78 is 16.1. The number of nitrogens with one attached hydrogen (secondary N) is 1. The molecule has 1 aromatic carbocycles. The van der Waals surface area contributed by atoms with Crippen LogP contribution in [0.5, 0.6) is 17.2 Å². The van der Waals surface area contributed by atoms with Crippen LogP contribution in [-0.2, 0) is 0 Å². The monoisotopic (exact) mass is 436 g/mol. The molecule has 1 amide bonds. The summed E-state index contributed by atoms with van der Waals surface area (Å²) in [6, 6.07) is 7.93. The maximum atomic E-state index is 13.5. The molecule has 1 saturated heterocycles. The number of rotatable bonds is 6. The van der Waals surface area contributed by atoms with Crippen LogP contribution >= 0.6 is 0 Å². The van der Waals surface area contributed by atoms with E-state index in [0.29, 0.717) is 47.3 Å². The predicted octanol–water partition coefficient (Wildman–Crippen LogP) is 2.84. The Kier molecular flexibility index (Phi) is 6.07. The van der Waals surface area contributed by atoms with Crippen LogP contribution in [0.3, 0.4) is 0 Å². The average molecular weight is 436 g/mol. The van der Waals surface area contributed by atoms with Gasteiger partial charge in [-0.1, -0.05) is 0 Å². The Morgan fingerprint density at radius 1 is 1.06 bits per heavy atom. The number of hydrogen-bond donors (Lipinski definition) is 1. The Hall–Kier alpha value is -3.88. The van der Waals surface area contributed by atoms with Gasteiger partial charge in [0, 0.05) is 36.1 Å². The molecule has 0 radical (unpaired) electrons. The van der Waals surface area contributed by atoms with Crippen LogP contribution in [0.15, 0.2) is 47.5 Å². The quantitative estimate of drug-likeness (QED) is 0.633. The van der Waals surface area contributed by atoms with Crippen molar-refractivity contribution < 1.29 is 19.0 Å². The van der Waals surface area contributed by atoms with Crippen LogP contribution in [0.25, 0.3) is 11.3 Å². The van der Waals surface area contributed by atoms with Crippen LogP contribution in [0.2, 0.25) is 0 Å². The lowest BCUT2D eigenvalue weighted by Gasteiger charge is -2.25. The number of aromatic nitrogens is 3. The smallest absolute Gasteiger partial charge is 0.254 e. The van der Waals surface area contributed by atoms with E-state index in [-0.39, 0.29) is 17.5 Å². The fourth-order valence-electron chi connectivity index (χ4n) is 3.97. The molecule has 0 aliphatic carbocycles. The molecule has 3 aromatic rings. The molecule has 9 heteroatoms. The molecule has 166 valence electrons. The van der Waals surface area contributed by atoms with Crippen LogP contribution in [0.1, 0.15) is 35.1 Å². The molecular weight excluding hydrogens is 412 g/mol. The summed E-state index contributed by atoms with van der Waals surface area (Å²) in [4.78, 5) is 39.0. The first-order valence-corrected chi connectivity index (χ1v) is 10.2. The van der Waals surface area contributed by atoms with Crippen molar-refractivity contribution in [3.8, 4) is 28.5 Å². The van der Waals surface area contributed by atoms with Gasteiger partial charge in [0.1, 0.15) is 5.82 Å². The Labute approximate surface area is 185 Å². The summed E-state index contributed by atoms with van der Waals surface area (Å²) >= 11 is 0. The number of aromatic amines is 1. The number of carbonyl (C=O) groups excluding carboxylic acids is 1. The summed E-state index contributed by atoms with van der Waals surface area (Å²) in [7, 11) is 4.52. The molecule has 32 heavy (non-hydrogen) atoms. The second-order valence-corrected chi connectivity index (χ2v) is 7.32. The zero-order chi connectivity index (χ0) is 22.7. The van der Waals surface area contributed by atoms with Gasteiger partial charge >= 0.3 is 0 Å². The largest absolute Gasteiger partial charge is 0.493 e. The van der Waals surface area contributed by atoms with Crippen molar-refractivity contribution in [3.05, 3.63) is 64.5 Å². The predicted molar refractivity (Wildman–Crippen MR) is 117 cm³/mol. The molecule has 0 saturated carbocycles. The van der Waals surface area contributed by atoms with Gasteiger partial charge in [0.2, 0.25) is 5.75 Å². The number of carbonyl (C=O) groups is 1. The van der Waals surface area contributed by atoms with Gasteiger partial charge in [-0.3, -0.25) is 14.6 Å². The first kappa shape index (κ1) is 21.4. The normalized spacial score (nSPS) is 15.5. The van der Waals surface area contributed by atoms with Gasteiger partial charge in [-0.05, 0) is 37.1 Å². The van der Waals surface area contributed by atoms with Gasteiger partial charge in [0.15, 0.2) is 11.5 Å². The van der Waals surface area contributed by atoms with Crippen molar-refractivity contribution in [1.29, 1.82) is 0 Å². The zero-order valence-electron chi connectivity index (χ0n) is 18.1. The summed E-state index contributed by atoms with van der Waals surface area (Å²) in [6.07, 6.45) is 4.78.